The van der Waals surface area contributed by atoms with Gasteiger partial charge >= 0.3 is 5.69 Å². The molecule has 47 heavy (non-hydrogen) atoms. The first-order valence-corrected chi connectivity index (χ1v) is 16.2. The lowest BCUT2D eigenvalue weighted by atomic mass is 10.1. The fourth-order valence-electron chi connectivity index (χ4n) is 6.13. The van der Waals surface area contributed by atoms with E-state index in [4.69, 9.17) is 14.2 Å². The van der Waals surface area contributed by atoms with Crippen LogP contribution >= 0.6 is 0 Å². The molecule has 3 aromatic carbocycles. The largest absolute Gasteiger partial charge is 0.491 e. The highest BCUT2D eigenvalue weighted by molar-refractivity contribution is 5.54. The van der Waals surface area contributed by atoms with Gasteiger partial charge in [0.1, 0.15) is 31.3 Å². The number of hydrogen-bond donors (Lipinski definition) is 0. The molecule has 7 rings (SSSR count). The molecule has 0 radical (unpaired) electrons. The van der Waals surface area contributed by atoms with Crippen LogP contribution < -0.4 is 20.2 Å². The Morgan fingerprint density at radius 2 is 1.47 bits per heavy atom. The average Bonchev–Trinajstić information content (AvgIpc) is 3.89. The number of nitrogens with zero attached hydrogens (tertiary/aromatic N) is 8. The lowest BCUT2D eigenvalue weighted by Crippen LogP contribution is -2.46. The molecular formula is C35H40N8O4. The number of hydrogen-bond acceptors (Lipinski definition) is 9. The van der Waals surface area contributed by atoms with Crippen molar-refractivity contribution in [2.45, 2.75) is 44.7 Å². The molecule has 4 heterocycles. The second-order valence-electron chi connectivity index (χ2n) is 12.0. The second-order valence-corrected chi connectivity index (χ2v) is 12.0. The molecule has 2 aliphatic heterocycles. The summed E-state index contributed by atoms with van der Waals surface area (Å²) in [6, 6.07) is 26.4. The Hall–Kier alpha value is -4.94. The van der Waals surface area contributed by atoms with Crippen molar-refractivity contribution in [2.75, 3.05) is 49.2 Å². The molecule has 0 bridgehead atoms. The van der Waals surface area contributed by atoms with Crippen LogP contribution in [0.2, 0.25) is 0 Å². The normalized spacial score (nSPS) is 20.4. The number of anilines is 2. The van der Waals surface area contributed by atoms with Crippen molar-refractivity contribution in [3.05, 3.63) is 114 Å². The minimum atomic E-state index is -0.973. The van der Waals surface area contributed by atoms with Crippen LogP contribution in [-0.4, -0.2) is 74.8 Å². The van der Waals surface area contributed by atoms with Crippen molar-refractivity contribution in [1.29, 1.82) is 0 Å². The lowest BCUT2D eigenvalue weighted by Gasteiger charge is -2.37. The third-order valence-electron chi connectivity index (χ3n) is 9.00. The average molecular weight is 637 g/mol. The Morgan fingerprint density at radius 3 is 2.11 bits per heavy atom. The summed E-state index contributed by atoms with van der Waals surface area (Å²) in [7, 11) is 0. The highest BCUT2D eigenvalue weighted by Crippen LogP contribution is 2.36. The topological polar surface area (TPSA) is 105 Å². The predicted molar refractivity (Wildman–Crippen MR) is 178 cm³/mol. The van der Waals surface area contributed by atoms with Crippen molar-refractivity contribution >= 4 is 11.4 Å². The second kappa shape index (κ2) is 13.4. The van der Waals surface area contributed by atoms with Gasteiger partial charge in [0.15, 0.2) is 0 Å². The van der Waals surface area contributed by atoms with E-state index in [1.165, 1.54) is 5.69 Å². The van der Waals surface area contributed by atoms with Gasteiger partial charge in [-0.05, 0) is 61.9 Å². The van der Waals surface area contributed by atoms with Gasteiger partial charge in [0.2, 0.25) is 5.79 Å². The molecule has 244 valence electrons. The fraction of sp³-hybridized carbons (Fsp3) is 0.371. The fourth-order valence-corrected chi connectivity index (χ4v) is 6.13. The van der Waals surface area contributed by atoms with E-state index in [1.54, 1.807) is 32.8 Å². The first-order valence-electron chi connectivity index (χ1n) is 16.2. The molecule has 0 unspecified atom stereocenters. The van der Waals surface area contributed by atoms with Crippen LogP contribution in [0.5, 0.6) is 5.75 Å². The molecule has 5 aromatic rings. The summed E-state index contributed by atoms with van der Waals surface area (Å²) in [5.74, 6) is -0.185. The minimum Gasteiger partial charge on any atom is -0.491 e. The Balaban J connectivity index is 0.913. The molecule has 0 N–H and O–H groups in total. The van der Waals surface area contributed by atoms with Gasteiger partial charge in [-0.2, -0.15) is 20.1 Å². The number of ether oxygens (including phenoxy) is 3. The van der Waals surface area contributed by atoms with Crippen LogP contribution in [0, 0.1) is 0 Å². The van der Waals surface area contributed by atoms with Crippen molar-refractivity contribution in [3.8, 4) is 11.4 Å². The molecule has 2 aromatic heterocycles. The van der Waals surface area contributed by atoms with E-state index in [2.05, 4.69) is 56.3 Å². The lowest BCUT2D eigenvalue weighted by molar-refractivity contribution is -0.192. The van der Waals surface area contributed by atoms with Crippen molar-refractivity contribution in [2.24, 2.45) is 0 Å². The van der Waals surface area contributed by atoms with Gasteiger partial charge in [0.05, 0.1) is 30.7 Å². The summed E-state index contributed by atoms with van der Waals surface area (Å²) in [6.45, 7) is 8.79. The van der Waals surface area contributed by atoms with E-state index in [1.807, 2.05) is 61.5 Å². The van der Waals surface area contributed by atoms with Crippen LogP contribution in [0.25, 0.3) is 5.69 Å². The van der Waals surface area contributed by atoms with E-state index in [0.717, 1.165) is 55.3 Å². The molecule has 2 saturated heterocycles. The van der Waals surface area contributed by atoms with Gasteiger partial charge in [-0.25, -0.2) is 14.0 Å². The maximum atomic E-state index is 12.8. The quantitative estimate of drug-likeness (QED) is 0.210. The van der Waals surface area contributed by atoms with E-state index >= 15 is 0 Å². The Morgan fingerprint density at radius 1 is 0.851 bits per heavy atom. The summed E-state index contributed by atoms with van der Waals surface area (Å²) in [5, 5.41) is 12.8. The number of aromatic nitrogens is 6. The van der Waals surface area contributed by atoms with Crippen LogP contribution in [0.4, 0.5) is 11.4 Å². The van der Waals surface area contributed by atoms with Gasteiger partial charge < -0.3 is 24.0 Å². The molecule has 12 heteroatoms. The maximum absolute atomic E-state index is 12.8. The highest BCUT2D eigenvalue weighted by Gasteiger charge is 2.44. The molecule has 0 amide bonds. The Kier molecular flexibility index (Phi) is 8.77. The molecular weight excluding hydrogens is 596 g/mol. The molecule has 2 fully saturated rings. The first-order chi connectivity index (χ1) is 23.0. The SMILES string of the molecule is CC[C@@H](C)n1ncn(-c2ccc(N3CCN(c4ccc(OC[C@@H]5CO[C@@](Cn6nccn6)(c6ccccc6)O5)cc4)CC3)cc2)c1=O. The minimum absolute atomic E-state index is 0.0721. The van der Waals surface area contributed by atoms with Crippen molar-refractivity contribution in [3.63, 3.8) is 0 Å². The summed E-state index contributed by atoms with van der Waals surface area (Å²) in [5.41, 5.74) is 3.95. The zero-order valence-corrected chi connectivity index (χ0v) is 26.8. The molecule has 12 nitrogen and oxygen atoms in total. The number of benzene rings is 3. The van der Waals surface area contributed by atoms with Crippen molar-refractivity contribution < 1.29 is 14.2 Å². The van der Waals surface area contributed by atoms with Crippen molar-refractivity contribution in [1.82, 2.24) is 29.3 Å². The Bertz CT molecular complexity index is 1780. The zero-order valence-electron chi connectivity index (χ0n) is 26.8. The number of piperazine rings is 1. The maximum Gasteiger partial charge on any atom is 0.350 e. The first kappa shape index (κ1) is 30.7. The van der Waals surface area contributed by atoms with Crippen LogP contribution in [0.15, 0.2) is 102 Å². The van der Waals surface area contributed by atoms with Gasteiger partial charge in [0, 0.05) is 43.1 Å². The molecule has 0 spiro atoms. The molecule has 0 saturated carbocycles. The molecule has 0 aliphatic carbocycles. The van der Waals surface area contributed by atoms with Gasteiger partial charge in [-0.15, -0.1) is 0 Å². The van der Waals surface area contributed by atoms with Gasteiger partial charge in [-0.1, -0.05) is 37.3 Å². The Labute approximate surface area is 273 Å². The van der Waals surface area contributed by atoms with E-state index in [9.17, 15) is 4.79 Å². The zero-order chi connectivity index (χ0) is 32.2. The molecule has 2 aliphatic rings. The van der Waals surface area contributed by atoms with E-state index in [0.29, 0.717) is 19.8 Å². The van der Waals surface area contributed by atoms with Crippen LogP contribution in [0.1, 0.15) is 31.9 Å². The monoisotopic (exact) mass is 636 g/mol. The number of rotatable bonds is 11. The van der Waals surface area contributed by atoms with Crippen LogP contribution in [-0.2, 0) is 21.8 Å². The van der Waals surface area contributed by atoms with Crippen LogP contribution in [0.3, 0.4) is 0 Å². The third-order valence-corrected chi connectivity index (χ3v) is 9.00. The summed E-state index contributed by atoms with van der Waals surface area (Å²) in [6.07, 6.45) is 5.51. The van der Waals surface area contributed by atoms with Gasteiger partial charge in [-0.3, -0.25) is 0 Å². The highest BCUT2D eigenvalue weighted by atomic mass is 16.8. The van der Waals surface area contributed by atoms with E-state index < -0.39 is 5.79 Å². The van der Waals surface area contributed by atoms with Gasteiger partial charge in [0.25, 0.3) is 0 Å². The summed E-state index contributed by atoms with van der Waals surface area (Å²) < 4.78 is 22.0. The predicted octanol–water partition coefficient (Wildman–Crippen LogP) is 4.27. The standard InChI is InChI=1S/C35H40N8O4/c1-3-27(2)43-34(44)41(26-38-43)31-11-9-29(10-12-31)39-19-21-40(22-20-39)30-13-15-32(16-14-30)45-23-33-24-46-35(47-33,25-42-36-17-18-37-42)28-7-5-4-6-8-28/h4-18,26-27,33H,3,19-25H2,1-2H3/t27-,33-,35-/m1/s1. The van der Waals surface area contributed by atoms with E-state index in [-0.39, 0.29) is 17.8 Å². The summed E-state index contributed by atoms with van der Waals surface area (Å²) in [4.78, 5) is 19.1. The third kappa shape index (κ3) is 6.51. The summed E-state index contributed by atoms with van der Waals surface area (Å²) >= 11 is 0. The molecule has 3 atom stereocenters. The smallest absolute Gasteiger partial charge is 0.350 e.